The van der Waals surface area contributed by atoms with Crippen LogP contribution in [-0.4, -0.2) is 15.7 Å². The first kappa shape index (κ1) is 11.9. The summed E-state index contributed by atoms with van der Waals surface area (Å²) < 4.78 is 39.9. The number of hydrogen-bond donors (Lipinski definition) is 1. The van der Waals surface area contributed by atoms with Gasteiger partial charge in [0, 0.05) is 7.05 Å². The van der Waals surface area contributed by atoms with Crippen LogP contribution in [-0.2, 0) is 12.6 Å². The van der Waals surface area contributed by atoms with E-state index < -0.39 is 11.7 Å². The first-order chi connectivity index (χ1) is 7.75. The SMILES string of the molecule is Cn1c(C(C)(N)C(F)(F)F)nc2ccccc21. The Hall–Kier alpha value is -1.56. The number of halogens is 3. The molecule has 0 radical (unpaired) electrons. The van der Waals surface area contributed by atoms with Crippen LogP contribution in [0.5, 0.6) is 0 Å². The lowest BCUT2D eigenvalue weighted by atomic mass is 10.0. The maximum Gasteiger partial charge on any atom is 0.413 e. The van der Waals surface area contributed by atoms with E-state index in [1.807, 2.05) is 0 Å². The number of para-hydroxylation sites is 2. The van der Waals surface area contributed by atoms with Gasteiger partial charge in [0.15, 0.2) is 5.54 Å². The van der Waals surface area contributed by atoms with Crippen molar-refractivity contribution in [2.24, 2.45) is 12.8 Å². The first-order valence-corrected chi connectivity index (χ1v) is 5.02. The highest BCUT2D eigenvalue weighted by Crippen LogP contribution is 2.36. The Morgan fingerprint density at radius 3 is 2.35 bits per heavy atom. The van der Waals surface area contributed by atoms with E-state index in [9.17, 15) is 13.2 Å². The Morgan fingerprint density at radius 1 is 1.24 bits per heavy atom. The van der Waals surface area contributed by atoms with Crippen molar-refractivity contribution in [3.63, 3.8) is 0 Å². The minimum atomic E-state index is -4.54. The molecule has 0 aliphatic rings. The van der Waals surface area contributed by atoms with Gasteiger partial charge in [-0.2, -0.15) is 13.2 Å². The third-order valence-electron chi connectivity index (χ3n) is 2.84. The monoisotopic (exact) mass is 243 g/mol. The summed E-state index contributed by atoms with van der Waals surface area (Å²) in [5.74, 6) is -0.189. The van der Waals surface area contributed by atoms with Crippen molar-refractivity contribution in [2.75, 3.05) is 0 Å². The van der Waals surface area contributed by atoms with Crippen LogP contribution in [0.3, 0.4) is 0 Å². The average Bonchev–Trinajstić information content (AvgIpc) is 2.56. The zero-order chi connectivity index (χ0) is 12.8. The summed E-state index contributed by atoms with van der Waals surface area (Å²) in [6, 6.07) is 6.83. The molecule has 1 unspecified atom stereocenters. The second-order valence-electron chi connectivity index (χ2n) is 4.18. The molecule has 6 heteroatoms. The van der Waals surface area contributed by atoms with Gasteiger partial charge in [-0.05, 0) is 19.1 Å². The topological polar surface area (TPSA) is 43.8 Å². The number of nitrogens with zero attached hydrogens (tertiary/aromatic N) is 2. The standard InChI is InChI=1S/C11H12F3N3/c1-10(15,11(12,13)14)9-16-7-5-3-4-6-8(7)17(9)2/h3-6H,15H2,1-2H3. The second-order valence-corrected chi connectivity index (χ2v) is 4.18. The summed E-state index contributed by atoms with van der Waals surface area (Å²) in [5.41, 5.74) is 4.05. The van der Waals surface area contributed by atoms with Gasteiger partial charge < -0.3 is 10.3 Å². The van der Waals surface area contributed by atoms with Gasteiger partial charge in [-0.3, -0.25) is 0 Å². The molecule has 1 aromatic carbocycles. The first-order valence-electron chi connectivity index (χ1n) is 5.02. The number of aromatic nitrogens is 2. The van der Waals surface area contributed by atoms with Crippen molar-refractivity contribution in [2.45, 2.75) is 18.6 Å². The van der Waals surface area contributed by atoms with Crippen LogP contribution in [0.1, 0.15) is 12.7 Å². The Labute approximate surface area is 96.0 Å². The molecule has 0 saturated carbocycles. The number of aryl methyl sites for hydroxylation is 1. The van der Waals surface area contributed by atoms with Gasteiger partial charge >= 0.3 is 6.18 Å². The highest BCUT2D eigenvalue weighted by molar-refractivity contribution is 5.76. The number of hydrogen-bond acceptors (Lipinski definition) is 2. The van der Waals surface area contributed by atoms with Gasteiger partial charge in [0.05, 0.1) is 11.0 Å². The fourth-order valence-electron chi connectivity index (χ4n) is 1.74. The summed E-state index contributed by atoms with van der Waals surface area (Å²) in [4.78, 5) is 3.97. The van der Waals surface area contributed by atoms with Gasteiger partial charge in [-0.15, -0.1) is 0 Å². The molecule has 92 valence electrons. The predicted molar refractivity (Wildman–Crippen MR) is 58.3 cm³/mol. The Morgan fingerprint density at radius 2 is 1.82 bits per heavy atom. The van der Waals surface area contributed by atoms with Crippen LogP contribution in [0.15, 0.2) is 24.3 Å². The Bertz CT molecular complexity index is 555. The van der Waals surface area contributed by atoms with Gasteiger partial charge in [0.1, 0.15) is 5.82 Å². The van der Waals surface area contributed by atoms with Crippen LogP contribution in [0.25, 0.3) is 11.0 Å². The van der Waals surface area contributed by atoms with E-state index in [0.717, 1.165) is 6.92 Å². The number of rotatable bonds is 1. The van der Waals surface area contributed by atoms with Crippen molar-refractivity contribution in [3.05, 3.63) is 30.1 Å². The summed E-state index contributed by atoms with van der Waals surface area (Å²) >= 11 is 0. The molecule has 17 heavy (non-hydrogen) atoms. The molecule has 0 aliphatic carbocycles. The second kappa shape index (κ2) is 3.46. The zero-order valence-electron chi connectivity index (χ0n) is 9.42. The largest absolute Gasteiger partial charge is 0.413 e. The van der Waals surface area contributed by atoms with Gasteiger partial charge in [0.2, 0.25) is 0 Å². The van der Waals surface area contributed by atoms with Crippen LogP contribution in [0.4, 0.5) is 13.2 Å². The predicted octanol–water partition coefficient (Wildman–Crippen LogP) is 2.31. The lowest BCUT2D eigenvalue weighted by Crippen LogP contribution is -2.49. The molecule has 1 heterocycles. The maximum absolute atomic E-state index is 12.8. The van der Waals surface area contributed by atoms with Crippen molar-refractivity contribution in [3.8, 4) is 0 Å². The third-order valence-corrected chi connectivity index (χ3v) is 2.84. The average molecular weight is 243 g/mol. The number of benzene rings is 1. The Kier molecular flexibility index (Phi) is 2.43. The summed E-state index contributed by atoms with van der Waals surface area (Å²) in [7, 11) is 1.53. The van der Waals surface area contributed by atoms with E-state index in [-0.39, 0.29) is 5.82 Å². The quantitative estimate of drug-likeness (QED) is 0.835. The van der Waals surface area contributed by atoms with Gasteiger partial charge in [-0.1, -0.05) is 12.1 Å². The van der Waals surface area contributed by atoms with Crippen molar-refractivity contribution >= 4 is 11.0 Å². The van der Waals surface area contributed by atoms with E-state index >= 15 is 0 Å². The number of imidazole rings is 1. The van der Waals surface area contributed by atoms with Crippen molar-refractivity contribution in [1.82, 2.24) is 9.55 Å². The Balaban J connectivity index is 2.68. The molecular formula is C11H12F3N3. The summed E-state index contributed by atoms with van der Waals surface area (Å²) in [6.45, 7) is 0.925. The van der Waals surface area contributed by atoms with Gasteiger partial charge in [0.25, 0.3) is 0 Å². The molecule has 0 amide bonds. The van der Waals surface area contributed by atoms with Crippen LogP contribution in [0, 0.1) is 0 Å². The number of alkyl halides is 3. The molecular weight excluding hydrogens is 231 g/mol. The maximum atomic E-state index is 12.8. The number of fused-ring (bicyclic) bond motifs is 1. The molecule has 2 N–H and O–H groups in total. The minimum Gasteiger partial charge on any atom is -0.329 e. The summed E-state index contributed by atoms with van der Waals surface area (Å²) in [6.07, 6.45) is -4.54. The lowest BCUT2D eigenvalue weighted by Gasteiger charge is -2.26. The third kappa shape index (κ3) is 1.68. The fraction of sp³-hybridized carbons (Fsp3) is 0.364. The molecule has 1 aromatic heterocycles. The molecule has 0 bridgehead atoms. The molecule has 3 nitrogen and oxygen atoms in total. The molecule has 0 aliphatic heterocycles. The molecule has 0 saturated heterocycles. The minimum absolute atomic E-state index is 0.189. The van der Waals surface area contributed by atoms with E-state index in [2.05, 4.69) is 4.98 Å². The van der Waals surface area contributed by atoms with Crippen LogP contribution >= 0.6 is 0 Å². The molecule has 2 aromatic rings. The highest BCUT2D eigenvalue weighted by atomic mass is 19.4. The zero-order valence-corrected chi connectivity index (χ0v) is 9.42. The van der Waals surface area contributed by atoms with Crippen molar-refractivity contribution in [1.29, 1.82) is 0 Å². The summed E-state index contributed by atoms with van der Waals surface area (Å²) in [5, 5.41) is 0. The van der Waals surface area contributed by atoms with Crippen molar-refractivity contribution < 1.29 is 13.2 Å². The van der Waals surface area contributed by atoms with Crippen LogP contribution in [0.2, 0.25) is 0 Å². The molecule has 0 spiro atoms. The van der Waals surface area contributed by atoms with E-state index in [1.54, 1.807) is 24.3 Å². The highest BCUT2D eigenvalue weighted by Gasteiger charge is 2.52. The molecule has 2 rings (SSSR count). The lowest BCUT2D eigenvalue weighted by molar-refractivity contribution is -0.186. The van der Waals surface area contributed by atoms with E-state index in [4.69, 9.17) is 5.73 Å². The smallest absolute Gasteiger partial charge is 0.329 e. The fourth-order valence-corrected chi connectivity index (χ4v) is 1.74. The van der Waals surface area contributed by atoms with E-state index in [1.165, 1.54) is 11.6 Å². The van der Waals surface area contributed by atoms with E-state index in [0.29, 0.717) is 11.0 Å². The molecule has 0 fully saturated rings. The van der Waals surface area contributed by atoms with Gasteiger partial charge in [-0.25, -0.2) is 4.98 Å². The molecule has 1 atom stereocenters. The van der Waals surface area contributed by atoms with Crippen LogP contribution < -0.4 is 5.73 Å². The normalized spacial score (nSPS) is 16.1. The number of nitrogens with two attached hydrogens (primary N) is 1.